The van der Waals surface area contributed by atoms with Gasteiger partial charge < -0.3 is 14.4 Å². The molecule has 0 amide bonds. The first-order valence-electron chi connectivity index (χ1n) is 5.33. The molecule has 0 bridgehead atoms. The summed E-state index contributed by atoms with van der Waals surface area (Å²) in [5.41, 5.74) is 2.18. The molecular formula is C12H15NO3. The molecule has 2 aromatic rings. The second-order valence-corrected chi connectivity index (χ2v) is 3.81. The van der Waals surface area contributed by atoms with Gasteiger partial charge in [-0.15, -0.1) is 0 Å². The summed E-state index contributed by atoms with van der Waals surface area (Å²) in [4.78, 5) is 0. The molecule has 0 aliphatic heterocycles. The number of phenolic OH excluding ortho intramolecular Hbond substituents is 1. The normalized spacial score (nSPS) is 10.9. The third-order valence-corrected chi connectivity index (χ3v) is 2.70. The number of nitrogens with zero attached hydrogens (tertiary/aromatic N) is 1. The van der Waals surface area contributed by atoms with E-state index in [9.17, 15) is 5.11 Å². The molecule has 4 nitrogen and oxygen atoms in total. The van der Waals surface area contributed by atoms with Gasteiger partial charge in [0.25, 0.3) is 0 Å². The van der Waals surface area contributed by atoms with Crippen LogP contribution in [0.5, 0.6) is 11.5 Å². The molecular weight excluding hydrogens is 206 g/mol. The van der Waals surface area contributed by atoms with Gasteiger partial charge in [0.15, 0.2) is 5.58 Å². The van der Waals surface area contributed by atoms with Gasteiger partial charge in [0.2, 0.25) is 0 Å². The van der Waals surface area contributed by atoms with E-state index >= 15 is 0 Å². The van der Waals surface area contributed by atoms with Gasteiger partial charge in [-0.05, 0) is 13.3 Å². The highest BCUT2D eigenvalue weighted by molar-refractivity contribution is 5.89. The second kappa shape index (κ2) is 4.04. The first-order valence-corrected chi connectivity index (χ1v) is 5.33. The maximum absolute atomic E-state index is 9.70. The Balaban J connectivity index is 2.75. The fraction of sp³-hybridized carbons (Fsp3) is 0.417. The summed E-state index contributed by atoms with van der Waals surface area (Å²) < 4.78 is 10.5. The lowest BCUT2D eigenvalue weighted by Gasteiger charge is -2.07. The molecule has 0 aliphatic carbocycles. The summed E-state index contributed by atoms with van der Waals surface area (Å²) in [5, 5.41) is 14.6. The number of benzene rings is 1. The topological polar surface area (TPSA) is 55.5 Å². The molecule has 0 radical (unpaired) electrons. The predicted molar refractivity (Wildman–Crippen MR) is 61.0 cm³/mol. The van der Waals surface area contributed by atoms with Crippen LogP contribution in [0.25, 0.3) is 11.0 Å². The fourth-order valence-corrected chi connectivity index (χ4v) is 1.88. The van der Waals surface area contributed by atoms with Crippen LogP contribution < -0.4 is 4.74 Å². The Hall–Kier alpha value is -1.71. The van der Waals surface area contributed by atoms with Crippen molar-refractivity contribution < 1.29 is 14.4 Å². The molecule has 86 valence electrons. The van der Waals surface area contributed by atoms with E-state index in [0.29, 0.717) is 11.3 Å². The van der Waals surface area contributed by atoms with Crippen LogP contribution in [-0.4, -0.2) is 17.4 Å². The molecule has 0 atom stereocenters. The largest absolute Gasteiger partial charge is 0.507 e. The van der Waals surface area contributed by atoms with Crippen molar-refractivity contribution in [1.29, 1.82) is 0 Å². The van der Waals surface area contributed by atoms with Crippen molar-refractivity contribution in [2.75, 3.05) is 7.11 Å². The Morgan fingerprint density at radius 2 is 2.25 bits per heavy atom. The van der Waals surface area contributed by atoms with Crippen molar-refractivity contribution >= 4 is 11.0 Å². The monoisotopic (exact) mass is 221 g/mol. The molecule has 0 fully saturated rings. The highest BCUT2D eigenvalue weighted by Crippen LogP contribution is 2.37. The van der Waals surface area contributed by atoms with Crippen molar-refractivity contribution in [2.45, 2.75) is 26.7 Å². The highest BCUT2D eigenvalue weighted by atomic mass is 16.5. The Labute approximate surface area is 93.8 Å². The van der Waals surface area contributed by atoms with Gasteiger partial charge in [0, 0.05) is 11.6 Å². The zero-order valence-electron chi connectivity index (χ0n) is 9.70. The molecule has 0 saturated carbocycles. The van der Waals surface area contributed by atoms with E-state index < -0.39 is 0 Å². The van der Waals surface area contributed by atoms with Gasteiger partial charge in [-0.3, -0.25) is 0 Å². The van der Waals surface area contributed by atoms with E-state index in [1.165, 1.54) is 0 Å². The number of aryl methyl sites for hydroxylation is 1. The van der Waals surface area contributed by atoms with E-state index in [-0.39, 0.29) is 5.75 Å². The number of fused-ring (bicyclic) bond motifs is 1. The number of hydrogen-bond acceptors (Lipinski definition) is 4. The number of ether oxygens (including phenoxy) is 1. The molecule has 4 heteroatoms. The maximum Gasteiger partial charge on any atom is 0.174 e. The summed E-state index contributed by atoms with van der Waals surface area (Å²) in [6, 6.07) is 1.58. The summed E-state index contributed by atoms with van der Waals surface area (Å²) in [5.74, 6) is 0.822. The number of rotatable bonds is 3. The molecule has 0 saturated heterocycles. The van der Waals surface area contributed by atoms with E-state index in [1.54, 1.807) is 13.2 Å². The van der Waals surface area contributed by atoms with Crippen LogP contribution in [0, 0.1) is 6.92 Å². The van der Waals surface area contributed by atoms with Crippen LogP contribution in [0.4, 0.5) is 0 Å². The zero-order valence-corrected chi connectivity index (χ0v) is 9.70. The van der Waals surface area contributed by atoms with E-state index in [2.05, 4.69) is 12.1 Å². The second-order valence-electron chi connectivity index (χ2n) is 3.81. The average molecular weight is 221 g/mol. The molecule has 1 N–H and O–H groups in total. The van der Waals surface area contributed by atoms with Crippen molar-refractivity contribution in [3.05, 3.63) is 17.3 Å². The molecule has 0 unspecified atom stereocenters. The summed E-state index contributed by atoms with van der Waals surface area (Å²) in [6.45, 7) is 3.90. The molecule has 2 rings (SSSR count). The number of hydrogen-bond donors (Lipinski definition) is 1. The summed E-state index contributed by atoms with van der Waals surface area (Å²) in [7, 11) is 1.59. The minimum absolute atomic E-state index is 0.170. The Morgan fingerprint density at radius 3 is 2.88 bits per heavy atom. The van der Waals surface area contributed by atoms with Crippen LogP contribution in [0.2, 0.25) is 0 Å². The minimum atomic E-state index is 0.170. The molecule has 0 aliphatic rings. The minimum Gasteiger partial charge on any atom is -0.507 e. The standard InChI is InChI=1S/C12H15NO3/c1-4-5-8-11-10(16-13-8)6-9(14)7(2)12(11)15-3/h6,14H,4-5H2,1-3H3. The molecule has 0 spiro atoms. The van der Waals surface area contributed by atoms with Gasteiger partial charge >= 0.3 is 0 Å². The number of phenols is 1. The lowest BCUT2D eigenvalue weighted by Crippen LogP contribution is -1.91. The Kier molecular flexibility index (Phi) is 2.73. The highest BCUT2D eigenvalue weighted by Gasteiger charge is 2.17. The van der Waals surface area contributed by atoms with Gasteiger partial charge in [-0.25, -0.2) is 0 Å². The van der Waals surface area contributed by atoms with Crippen molar-refractivity contribution in [3.8, 4) is 11.5 Å². The van der Waals surface area contributed by atoms with Crippen molar-refractivity contribution in [3.63, 3.8) is 0 Å². The number of aromatic nitrogens is 1. The van der Waals surface area contributed by atoms with Crippen molar-refractivity contribution in [1.82, 2.24) is 5.16 Å². The third kappa shape index (κ3) is 1.50. The van der Waals surface area contributed by atoms with Crippen LogP contribution in [0.3, 0.4) is 0 Å². The Morgan fingerprint density at radius 1 is 1.50 bits per heavy atom. The molecule has 1 heterocycles. The number of aromatic hydroxyl groups is 1. The van der Waals surface area contributed by atoms with Gasteiger partial charge in [0.1, 0.15) is 11.5 Å². The zero-order chi connectivity index (χ0) is 11.7. The summed E-state index contributed by atoms with van der Waals surface area (Å²) in [6.07, 6.45) is 1.83. The summed E-state index contributed by atoms with van der Waals surface area (Å²) >= 11 is 0. The maximum atomic E-state index is 9.70. The first kappa shape index (κ1) is 10.8. The lowest BCUT2D eigenvalue weighted by atomic mass is 10.1. The van der Waals surface area contributed by atoms with Crippen LogP contribution >= 0.6 is 0 Å². The molecule has 1 aromatic carbocycles. The smallest absolute Gasteiger partial charge is 0.174 e. The quantitative estimate of drug-likeness (QED) is 0.865. The predicted octanol–water partition coefficient (Wildman–Crippen LogP) is 2.80. The van der Waals surface area contributed by atoms with E-state index in [4.69, 9.17) is 9.26 Å². The first-order chi connectivity index (χ1) is 7.69. The fourth-order valence-electron chi connectivity index (χ4n) is 1.88. The molecule has 1 aromatic heterocycles. The van der Waals surface area contributed by atoms with Crippen LogP contribution in [-0.2, 0) is 6.42 Å². The van der Waals surface area contributed by atoms with E-state index in [1.807, 2.05) is 6.92 Å². The van der Waals surface area contributed by atoms with Crippen molar-refractivity contribution in [2.24, 2.45) is 0 Å². The van der Waals surface area contributed by atoms with Crippen LogP contribution in [0.15, 0.2) is 10.6 Å². The SMILES string of the molecule is CCCc1noc2cc(O)c(C)c(OC)c12. The Bertz CT molecular complexity index is 516. The van der Waals surface area contributed by atoms with Gasteiger partial charge in [-0.1, -0.05) is 18.5 Å². The van der Waals surface area contributed by atoms with Crippen LogP contribution in [0.1, 0.15) is 24.6 Å². The molecule has 16 heavy (non-hydrogen) atoms. The van der Waals surface area contributed by atoms with E-state index in [0.717, 1.165) is 29.5 Å². The number of methoxy groups -OCH3 is 1. The van der Waals surface area contributed by atoms with Gasteiger partial charge in [0.05, 0.1) is 18.2 Å². The lowest BCUT2D eigenvalue weighted by molar-refractivity contribution is 0.406. The van der Waals surface area contributed by atoms with Gasteiger partial charge in [-0.2, -0.15) is 0 Å². The average Bonchev–Trinajstić information content (AvgIpc) is 2.64. The third-order valence-electron chi connectivity index (χ3n) is 2.70.